The first-order chi connectivity index (χ1) is 49.5. The zero-order chi connectivity index (χ0) is 74.8. The number of unbranched alkanes of at least 4 members (excludes halogenated alkanes) is 55. The van der Waals surface area contributed by atoms with Crippen molar-refractivity contribution < 1.29 is 80.2 Å². The highest BCUT2D eigenvalue weighted by Crippen LogP contribution is 2.45. The maximum atomic E-state index is 13.1. The summed E-state index contributed by atoms with van der Waals surface area (Å²) in [6.45, 7) is 7.34. The maximum Gasteiger partial charge on any atom is 0.472 e. The third-order valence-electron chi connectivity index (χ3n) is 19.5. The Morgan fingerprint density at radius 3 is 0.667 bits per heavy atom. The number of carbonyl (C=O) groups excluding carboxylic acids is 4. The number of rotatable bonds is 83. The van der Waals surface area contributed by atoms with E-state index in [9.17, 15) is 43.2 Å². The number of hydrogen-bond donors (Lipinski definition) is 3. The van der Waals surface area contributed by atoms with Crippen LogP contribution < -0.4 is 0 Å². The molecule has 0 aliphatic carbocycles. The number of phosphoric ester groups is 2. The highest BCUT2D eigenvalue weighted by molar-refractivity contribution is 7.47. The molecule has 0 aromatic heterocycles. The molecule has 2 unspecified atom stereocenters. The van der Waals surface area contributed by atoms with Gasteiger partial charge in [-0.3, -0.25) is 37.3 Å². The van der Waals surface area contributed by atoms with E-state index in [2.05, 4.69) is 34.6 Å². The first-order valence-corrected chi connectivity index (χ1v) is 46.1. The Morgan fingerprint density at radius 2 is 0.451 bits per heavy atom. The van der Waals surface area contributed by atoms with Gasteiger partial charge in [-0.1, -0.05) is 394 Å². The van der Waals surface area contributed by atoms with Gasteiger partial charge in [0.15, 0.2) is 12.2 Å². The van der Waals surface area contributed by atoms with Crippen LogP contribution in [0.3, 0.4) is 0 Å². The molecule has 17 nitrogen and oxygen atoms in total. The zero-order valence-electron chi connectivity index (χ0n) is 66.8. The molecule has 0 aliphatic heterocycles. The molecule has 606 valence electrons. The van der Waals surface area contributed by atoms with Gasteiger partial charge in [-0.2, -0.15) is 0 Å². The second-order valence-electron chi connectivity index (χ2n) is 30.3. The third kappa shape index (κ3) is 76.3. The topological polar surface area (TPSA) is 237 Å². The Morgan fingerprint density at radius 1 is 0.265 bits per heavy atom. The zero-order valence-corrected chi connectivity index (χ0v) is 68.5. The summed E-state index contributed by atoms with van der Waals surface area (Å²) in [4.78, 5) is 73.0. The third-order valence-corrected chi connectivity index (χ3v) is 21.4. The monoisotopic (exact) mass is 1490 g/mol. The van der Waals surface area contributed by atoms with Gasteiger partial charge in [-0.25, -0.2) is 9.13 Å². The van der Waals surface area contributed by atoms with Crippen molar-refractivity contribution in [3.8, 4) is 0 Å². The molecule has 0 aromatic carbocycles. The van der Waals surface area contributed by atoms with Crippen LogP contribution in [0, 0.1) is 5.92 Å². The van der Waals surface area contributed by atoms with Crippen LogP contribution in [0.2, 0.25) is 0 Å². The molecule has 0 amide bonds. The molecule has 0 rings (SSSR count). The van der Waals surface area contributed by atoms with Crippen molar-refractivity contribution in [3.05, 3.63) is 0 Å². The van der Waals surface area contributed by atoms with Crippen LogP contribution in [0.4, 0.5) is 0 Å². The minimum absolute atomic E-state index is 0.108. The van der Waals surface area contributed by atoms with Gasteiger partial charge in [-0.05, 0) is 31.6 Å². The van der Waals surface area contributed by atoms with Gasteiger partial charge in [0.2, 0.25) is 0 Å². The molecular weight excluding hydrogens is 1330 g/mol. The molecule has 19 heteroatoms. The van der Waals surface area contributed by atoms with Gasteiger partial charge >= 0.3 is 39.5 Å². The Labute approximate surface area is 626 Å². The number of aliphatic hydroxyl groups is 1. The van der Waals surface area contributed by atoms with E-state index in [0.29, 0.717) is 25.7 Å². The highest BCUT2D eigenvalue weighted by Gasteiger charge is 2.30. The Kier molecular flexibility index (Phi) is 74.4. The van der Waals surface area contributed by atoms with Crippen LogP contribution in [-0.2, 0) is 65.4 Å². The van der Waals surface area contributed by atoms with Crippen molar-refractivity contribution in [3.63, 3.8) is 0 Å². The average molecular weight is 1490 g/mol. The molecule has 0 heterocycles. The molecule has 5 atom stereocenters. The maximum absolute atomic E-state index is 13.1. The van der Waals surface area contributed by atoms with Gasteiger partial charge in [0, 0.05) is 25.7 Å². The number of carbonyl (C=O) groups is 4. The fourth-order valence-electron chi connectivity index (χ4n) is 12.9. The minimum Gasteiger partial charge on any atom is -0.462 e. The second-order valence-corrected chi connectivity index (χ2v) is 33.3. The smallest absolute Gasteiger partial charge is 0.462 e. The van der Waals surface area contributed by atoms with Crippen molar-refractivity contribution in [1.82, 2.24) is 0 Å². The van der Waals surface area contributed by atoms with E-state index >= 15 is 0 Å². The Hall–Kier alpha value is -1.94. The standard InChI is InChI=1S/C83H162O17P2/c1-6-9-12-15-18-20-22-24-26-28-29-31-35-39-43-47-52-57-62-67-81(86)94-73-79(100-83(88)69-64-59-54-49-45-41-37-33-32-34-38-42-46-51-55-60-65-76(4)5)75-98-102(91,92)96-71-77(84)70-95-101(89,90)97-74-78(72-93-80(85)66-61-56-50-17-14-11-8-3)99-82(87)68-63-58-53-48-44-40-36-30-27-25-23-21-19-16-13-10-7-2/h76-79,84H,6-75H2,1-5H3,(H,89,90)(H,91,92)/t77-,78+,79+/m0/s1. The van der Waals surface area contributed by atoms with Gasteiger partial charge in [-0.15, -0.1) is 0 Å². The molecule has 0 aliphatic rings. The lowest BCUT2D eigenvalue weighted by molar-refractivity contribution is -0.161. The van der Waals surface area contributed by atoms with Gasteiger partial charge in [0.05, 0.1) is 26.4 Å². The second kappa shape index (κ2) is 75.9. The van der Waals surface area contributed by atoms with Gasteiger partial charge in [0.1, 0.15) is 19.3 Å². The molecule has 0 saturated carbocycles. The average Bonchev–Trinajstić information content (AvgIpc) is 0.910. The summed E-state index contributed by atoms with van der Waals surface area (Å²) >= 11 is 0. The summed E-state index contributed by atoms with van der Waals surface area (Å²) in [5, 5.41) is 10.6. The number of esters is 4. The number of phosphoric acid groups is 2. The van der Waals surface area contributed by atoms with E-state index in [0.717, 1.165) is 109 Å². The van der Waals surface area contributed by atoms with Crippen molar-refractivity contribution in [2.45, 2.75) is 464 Å². The molecule has 0 saturated heterocycles. The summed E-state index contributed by atoms with van der Waals surface area (Å²) < 4.78 is 68.7. The number of ether oxygens (including phenoxy) is 4. The minimum atomic E-state index is -4.96. The molecule has 0 aromatic rings. The molecule has 3 N–H and O–H groups in total. The first kappa shape index (κ1) is 100. The fraction of sp³-hybridized carbons (Fsp3) is 0.952. The summed E-state index contributed by atoms with van der Waals surface area (Å²) in [5.41, 5.74) is 0. The lowest BCUT2D eigenvalue weighted by Gasteiger charge is -2.21. The van der Waals surface area contributed by atoms with Crippen LogP contribution >= 0.6 is 15.6 Å². The van der Waals surface area contributed by atoms with Gasteiger partial charge in [0.25, 0.3) is 0 Å². The summed E-state index contributed by atoms with van der Waals surface area (Å²) in [6, 6.07) is 0. The lowest BCUT2D eigenvalue weighted by Crippen LogP contribution is -2.30. The van der Waals surface area contributed by atoms with E-state index in [1.807, 2.05) is 0 Å². The molecule has 102 heavy (non-hydrogen) atoms. The van der Waals surface area contributed by atoms with E-state index in [4.69, 9.17) is 37.0 Å². The van der Waals surface area contributed by atoms with Crippen LogP contribution in [-0.4, -0.2) is 96.7 Å². The first-order valence-electron chi connectivity index (χ1n) is 43.1. The van der Waals surface area contributed by atoms with Crippen LogP contribution in [0.1, 0.15) is 446 Å². The van der Waals surface area contributed by atoms with Crippen molar-refractivity contribution >= 4 is 39.5 Å². The molecule has 0 bridgehead atoms. The summed E-state index contributed by atoms with van der Waals surface area (Å²) in [5.74, 6) is -1.30. The van der Waals surface area contributed by atoms with Crippen LogP contribution in [0.15, 0.2) is 0 Å². The van der Waals surface area contributed by atoms with E-state index in [1.54, 1.807) is 0 Å². The van der Waals surface area contributed by atoms with Crippen molar-refractivity contribution in [2.75, 3.05) is 39.6 Å². The van der Waals surface area contributed by atoms with Crippen LogP contribution in [0.5, 0.6) is 0 Å². The molecule has 0 spiro atoms. The van der Waals surface area contributed by atoms with E-state index < -0.39 is 97.5 Å². The van der Waals surface area contributed by atoms with E-state index in [1.165, 1.54) is 257 Å². The van der Waals surface area contributed by atoms with Crippen LogP contribution in [0.25, 0.3) is 0 Å². The summed E-state index contributed by atoms with van der Waals surface area (Å²) in [6.07, 6.45) is 68.2. The van der Waals surface area contributed by atoms with Crippen molar-refractivity contribution in [1.29, 1.82) is 0 Å². The summed E-state index contributed by atoms with van der Waals surface area (Å²) in [7, 11) is -9.92. The van der Waals surface area contributed by atoms with Gasteiger partial charge < -0.3 is 33.8 Å². The predicted octanol–water partition coefficient (Wildman–Crippen LogP) is 25.2. The predicted molar refractivity (Wildman–Crippen MR) is 418 cm³/mol. The largest absolute Gasteiger partial charge is 0.472 e. The Bertz CT molecular complexity index is 1940. The fourth-order valence-corrected chi connectivity index (χ4v) is 14.5. The quantitative estimate of drug-likeness (QED) is 0.0222. The normalized spacial score (nSPS) is 13.8. The SMILES string of the molecule is CCCCCCCCCCCCCCCCCCCCCC(=O)OC[C@H](COP(=O)(O)OC[C@@H](O)COP(=O)(O)OC[C@@H](COC(=O)CCCCCCCCC)OC(=O)CCCCCCCCCCCCCCCCCCC)OC(=O)CCCCCCCCCCCCCCCCCCC(C)C. The number of aliphatic hydroxyl groups excluding tert-OH is 1. The van der Waals surface area contributed by atoms with Crippen molar-refractivity contribution in [2.24, 2.45) is 5.92 Å². The highest BCUT2D eigenvalue weighted by atomic mass is 31.2. The lowest BCUT2D eigenvalue weighted by atomic mass is 10.0. The Balaban J connectivity index is 5.17. The molecular formula is C83H162O17P2. The number of hydrogen-bond acceptors (Lipinski definition) is 15. The molecule has 0 radical (unpaired) electrons. The molecule has 0 fully saturated rings. The van der Waals surface area contributed by atoms with E-state index in [-0.39, 0.29) is 25.7 Å².